The van der Waals surface area contributed by atoms with Crippen LogP contribution in [0.5, 0.6) is 0 Å². The maximum Gasteiger partial charge on any atom is 0.269 e. The summed E-state index contributed by atoms with van der Waals surface area (Å²) in [7, 11) is 0. The number of rotatable bonds is 5. The smallest absolute Gasteiger partial charge is 0.207 e. The molecule has 3 heteroatoms. The molecule has 0 bridgehead atoms. The van der Waals surface area contributed by atoms with Gasteiger partial charge in [0.25, 0.3) is 6.08 Å². The van der Waals surface area contributed by atoms with Gasteiger partial charge in [0, 0.05) is 0 Å². The molecule has 24 heavy (non-hydrogen) atoms. The average molecular weight is 336 g/mol. The number of hydrogen-bond acceptors (Lipinski definition) is 0. The standard InChI is InChI=1S/C21H27F3/c1-2-3-4-14-5-7-15(8-6-14)16-9-10-19(20(22)13-16)17-11-18(12-17)21(23)24/h9-10,13-15,17H,2-8,11-12H2,1H3/t14-,15-. The molecule has 3 rings (SSSR count). The van der Waals surface area contributed by atoms with Gasteiger partial charge in [-0.25, -0.2) is 4.39 Å². The van der Waals surface area contributed by atoms with Crippen molar-refractivity contribution in [3.05, 3.63) is 46.8 Å². The van der Waals surface area contributed by atoms with Gasteiger partial charge in [-0.2, -0.15) is 8.78 Å². The van der Waals surface area contributed by atoms with E-state index in [0.717, 1.165) is 24.3 Å². The molecule has 0 unspecified atom stereocenters. The molecule has 0 aliphatic heterocycles. The summed E-state index contributed by atoms with van der Waals surface area (Å²) in [5.41, 5.74) is 1.89. The molecule has 1 aromatic carbocycles. The molecule has 2 fully saturated rings. The summed E-state index contributed by atoms with van der Waals surface area (Å²) in [6.07, 6.45) is 7.74. The lowest BCUT2D eigenvalue weighted by Gasteiger charge is -2.31. The first kappa shape index (κ1) is 17.6. The molecular formula is C21H27F3. The molecule has 0 atom stereocenters. The molecule has 0 N–H and O–H groups in total. The fourth-order valence-corrected chi connectivity index (χ4v) is 4.31. The van der Waals surface area contributed by atoms with Gasteiger partial charge in [0.2, 0.25) is 0 Å². The fourth-order valence-electron chi connectivity index (χ4n) is 4.31. The predicted molar refractivity (Wildman–Crippen MR) is 91.8 cm³/mol. The summed E-state index contributed by atoms with van der Waals surface area (Å²) in [6, 6.07) is 5.54. The van der Waals surface area contributed by atoms with Gasteiger partial charge in [0.15, 0.2) is 0 Å². The van der Waals surface area contributed by atoms with E-state index in [1.807, 2.05) is 12.1 Å². The molecule has 0 saturated heterocycles. The lowest BCUT2D eigenvalue weighted by atomic mass is 9.74. The highest BCUT2D eigenvalue weighted by molar-refractivity contribution is 5.35. The van der Waals surface area contributed by atoms with Crippen molar-refractivity contribution in [1.82, 2.24) is 0 Å². The Morgan fingerprint density at radius 3 is 2.33 bits per heavy atom. The van der Waals surface area contributed by atoms with Gasteiger partial charge < -0.3 is 0 Å². The molecule has 0 spiro atoms. The monoisotopic (exact) mass is 336 g/mol. The van der Waals surface area contributed by atoms with Crippen LogP contribution in [0.2, 0.25) is 0 Å². The van der Waals surface area contributed by atoms with Crippen molar-refractivity contribution in [3.8, 4) is 0 Å². The number of halogens is 3. The third kappa shape index (κ3) is 3.87. The molecule has 0 radical (unpaired) electrons. The highest BCUT2D eigenvalue weighted by Gasteiger charge is 2.31. The van der Waals surface area contributed by atoms with Crippen LogP contribution in [0.1, 0.15) is 87.7 Å². The van der Waals surface area contributed by atoms with Crippen LogP contribution in [-0.2, 0) is 0 Å². The molecule has 2 aliphatic carbocycles. The number of hydrogen-bond donors (Lipinski definition) is 0. The quantitative estimate of drug-likeness (QED) is 0.528. The molecule has 1 aromatic rings. The van der Waals surface area contributed by atoms with Crippen molar-refractivity contribution in [2.45, 2.75) is 76.5 Å². The minimum Gasteiger partial charge on any atom is -0.207 e. The van der Waals surface area contributed by atoms with Gasteiger partial charge in [0.05, 0.1) is 0 Å². The van der Waals surface area contributed by atoms with Gasteiger partial charge in [0.1, 0.15) is 5.82 Å². The Hall–Kier alpha value is -1.25. The van der Waals surface area contributed by atoms with Gasteiger partial charge in [-0.1, -0.05) is 38.3 Å². The fraction of sp³-hybridized carbons (Fsp3) is 0.619. The van der Waals surface area contributed by atoms with E-state index in [-0.39, 0.29) is 17.3 Å². The predicted octanol–water partition coefficient (Wildman–Crippen LogP) is 7.32. The normalized spacial score (nSPS) is 27.0. The third-order valence-electron chi connectivity index (χ3n) is 6.00. The lowest BCUT2D eigenvalue weighted by Crippen LogP contribution is -2.16. The van der Waals surface area contributed by atoms with Crippen molar-refractivity contribution in [2.75, 3.05) is 0 Å². The topological polar surface area (TPSA) is 0 Å². The summed E-state index contributed by atoms with van der Waals surface area (Å²) in [4.78, 5) is 0. The van der Waals surface area contributed by atoms with E-state index >= 15 is 0 Å². The zero-order valence-electron chi connectivity index (χ0n) is 14.5. The van der Waals surface area contributed by atoms with E-state index in [1.165, 1.54) is 32.1 Å². The first-order valence-electron chi connectivity index (χ1n) is 9.40. The highest BCUT2D eigenvalue weighted by atomic mass is 19.3. The highest BCUT2D eigenvalue weighted by Crippen LogP contribution is 2.45. The zero-order chi connectivity index (χ0) is 17.1. The minimum atomic E-state index is -1.58. The Morgan fingerprint density at radius 2 is 1.75 bits per heavy atom. The Balaban J connectivity index is 1.59. The zero-order valence-corrected chi connectivity index (χ0v) is 14.5. The first-order chi connectivity index (χ1) is 11.6. The molecule has 0 heterocycles. The average Bonchev–Trinajstić information content (AvgIpc) is 2.53. The summed E-state index contributed by atoms with van der Waals surface area (Å²) >= 11 is 0. The summed E-state index contributed by atoms with van der Waals surface area (Å²) < 4.78 is 39.4. The van der Waals surface area contributed by atoms with E-state index in [4.69, 9.17) is 0 Å². The summed E-state index contributed by atoms with van der Waals surface area (Å²) in [6.45, 7) is 2.23. The molecule has 0 aromatic heterocycles. The molecule has 0 nitrogen and oxygen atoms in total. The van der Waals surface area contributed by atoms with Crippen molar-refractivity contribution < 1.29 is 13.2 Å². The second-order valence-corrected chi connectivity index (χ2v) is 7.61. The van der Waals surface area contributed by atoms with Crippen molar-refractivity contribution in [1.29, 1.82) is 0 Å². The van der Waals surface area contributed by atoms with E-state index < -0.39 is 6.08 Å². The third-order valence-corrected chi connectivity index (χ3v) is 6.00. The van der Waals surface area contributed by atoms with Crippen LogP contribution in [0.4, 0.5) is 13.2 Å². The Labute approximate surface area is 143 Å². The molecule has 2 aliphatic rings. The Bertz CT molecular complexity index is 585. The van der Waals surface area contributed by atoms with Crippen LogP contribution in [0, 0.1) is 11.7 Å². The lowest BCUT2D eigenvalue weighted by molar-refractivity contribution is 0.304. The van der Waals surface area contributed by atoms with Gasteiger partial charge in [-0.3, -0.25) is 0 Å². The minimum absolute atomic E-state index is 0.0691. The first-order valence-corrected chi connectivity index (χ1v) is 9.40. The number of allylic oxidation sites excluding steroid dienone is 1. The molecular weight excluding hydrogens is 309 g/mol. The Morgan fingerprint density at radius 1 is 1.04 bits per heavy atom. The van der Waals surface area contributed by atoms with Gasteiger partial charge in [-0.15, -0.1) is 0 Å². The largest absolute Gasteiger partial charge is 0.269 e. The van der Waals surface area contributed by atoms with E-state index in [9.17, 15) is 13.2 Å². The Kier molecular flexibility index (Phi) is 5.68. The van der Waals surface area contributed by atoms with Crippen molar-refractivity contribution >= 4 is 0 Å². The van der Waals surface area contributed by atoms with Crippen LogP contribution >= 0.6 is 0 Å². The second kappa shape index (κ2) is 7.76. The van der Waals surface area contributed by atoms with Crippen molar-refractivity contribution in [2.24, 2.45) is 5.92 Å². The van der Waals surface area contributed by atoms with Crippen LogP contribution in [-0.4, -0.2) is 0 Å². The van der Waals surface area contributed by atoms with Crippen LogP contribution in [0.15, 0.2) is 29.9 Å². The van der Waals surface area contributed by atoms with E-state index in [0.29, 0.717) is 24.3 Å². The molecule has 0 amide bonds. The van der Waals surface area contributed by atoms with E-state index in [2.05, 4.69) is 6.92 Å². The summed E-state index contributed by atoms with van der Waals surface area (Å²) in [5.74, 6) is 1.04. The molecule has 2 saturated carbocycles. The van der Waals surface area contributed by atoms with Crippen LogP contribution in [0.25, 0.3) is 0 Å². The van der Waals surface area contributed by atoms with E-state index in [1.54, 1.807) is 6.07 Å². The number of unbranched alkanes of at least 4 members (excludes halogenated alkanes) is 1. The number of benzene rings is 1. The van der Waals surface area contributed by atoms with Crippen LogP contribution in [0.3, 0.4) is 0 Å². The maximum atomic E-state index is 14.4. The van der Waals surface area contributed by atoms with Crippen LogP contribution < -0.4 is 0 Å². The SMILES string of the molecule is CCCC[C@H]1CC[C@H](c2ccc(C3CC(=C(F)F)C3)c(F)c2)CC1. The maximum absolute atomic E-state index is 14.4. The molecule has 132 valence electrons. The second-order valence-electron chi connectivity index (χ2n) is 7.61. The van der Waals surface area contributed by atoms with Gasteiger partial charge >= 0.3 is 0 Å². The summed E-state index contributed by atoms with van der Waals surface area (Å²) in [5, 5.41) is 0. The van der Waals surface area contributed by atoms with Crippen molar-refractivity contribution in [3.63, 3.8) is 0 Å². The van der Waals surface area contributed by atoms with Gasteiger partial charge in [-0.05, 0) is 79.0 Å².